The third kappa shape index (κ3) is 7.72. The number of aromatic nitrogens is 1. The highest BCUT2D eigenvalue weighted by atomic mass is 35.5. The molecule has 12 heteroatoms. The van der Waals surface area contributed by atoms with Crippen LogP contribution in [-0.4, -0.2) is 31.5 Å². The van der Waals surface area contributed by atoms with Gasteiger partial charge in [0.15, 0.2) is 9.84 Å². The van der Waals surface area contributed by atoms with Gasteiger partial charge in [0.05, 0.1) is 16.3 Å². The average Bonchev–Trinajstić information content (AvgIpc) is 2.81. The Kier molecular flexibility index (Phi) is 8.03. The molecular weight excluding hydrogens is 507 g/mol. The highest BCUT2D eigenvalue weighted by Gasteiger charge is 2.31. The van der Waals surface area contributed by atoms with Crippen LogP contribution in [-0.2, 0) is 21.2 Å². The Hall–Kier alpha value is -3.57. The lowest BCUT2D eigenvalue weighted by Crippen LogP contribution is -2.33. The molecule has 0 fully saturated rings. The summed E-state index contributed by atoms with van der Waals surface area (Å²) in [6.45, 7) is 3.64. The molecule has 0 saturated heterocycles. The molecule has 0 unspecified atom stereocenters. The van der Waals surface area contributed by atoms with E-state index in [-0.39, 0.29) is 22.9 Å². The largest absolute Gasteiger partial charge is 0.573 e. The van der Waals surface area contributed by atoms with E-state index in [4.69, 9.17) is 11.6 Å². The number of benzene rings is 2. The van der Waals surface area contributed by atoms with Crippen LogP contribution in [0.4, 0.5) is 13.2 Å². The van der Waals surface area contributed by atoms with Crippen LogP contribution in [0.2, 0.25) is 5.02 Å². The van der Waals surface area contributed by atoms with Crippen LogP contribution >= 0.6 is 11.6 Å². The molecule has 3 rings (SSSR count). The Labute approximate surface area is 204 Å². The number of sulfone groups is 1. The zero-order valence-corrected chi connectivity index (χ0v) is 19.5. The molecule has 0 aliphatic rings. The standard InChI is InChI=1S/C23H19ClF3N3O4S/c1-15(30-14-35(32,33)20-8-4-18(24)5-9-20)22(31)29-13-16-10-11-28-21(12-16)17-2-6-19(7-3-17)34-23(25,26)27/h2-12,30H,1,13-14H2,(H,29,31). The smallest absolute Gasteiger partial charge is 0.406 e. The lowest BCUT2D eigenvalue weighted by Gasteiger charge is -2.12. The molecule has 1 aromatic heterocycles. The van der Waals surface area contributed by atoms with Gasteiger partial charge >= 0.3 is 6.36 Å². The minimum Gasteiger partial charge on any atom is -0.406 e. The van der Waals surface area contributed by atoms with Gasteiger partial charge in [-0.15, -0.1) is 13.2 Å². The average molecular weight is 526 g/mol. The van der Waals surface area contributed by atoms with Crippen LogP contribution in [0.3, 0.4) is 0 Å². The predicted molar refractivity (Wildman–Crippen MR) is 124 cm³/mol. The van der Waals surface area contributed by atoms with E-state index in [1.807, 2.05) is 0 Å². The third-order valence-electron chi connectivity index (χ3n) is 4.58. The number of halogens is 4. The Morgan fingerprint density at radius 2 is 1.69 bits per heavy atom. The maximum atomic E-state index is 12.4. The number of amides is 1. The topological polar surface area (TPSA) is 97.4 Å². The number of nitrogens with zero attached hydrogens (tertiary/aromatic N) is 1. The fourth-order valence-electron chi connectivity index (χ4n) is 2.85. The number of rotatable bonds is 9. The fraction of sp³-hybridized carbons (Fsp3) is 0.130. The summed E-state index contributed by atoms with van der Waals surface area (Å²) in [6.07, 6.45) is -3.29. The van der Waals surface area contributed by atoms with Crippen LogP contribution in [0.15, 0.2) is 84.0 Å². The molecule has 7 nitrogen and oxygen atoms in total. The third-order valence-corrected chi connectivity index (χ3v) is 6.35. The van der Waals surface area contributed by atoms with E-state index >= 15 is 0 Å². The van der Waals surface area contributed by atoms with Crippen LogP contribution in [0.1, 0.15) is 5.56 Å². The van der Waals surface area contributed by atoms with Crippen molar-refractivity contribution in [2.24, 2.45) is 0 Å². The first-order valence-electron chi connectivity index (χ1n) is 9.93. The van der Waals surface area contributed by atoms with E-state index < -0.39 is 28.0 Å². The fourth-order valence-corrected chi connectivity index (χ4v) is 4.05. The molecule has 2 aromatic carbocycles. The second kappa shape index (κ2) is 10.8. The van der Waals surface area contributed by atoms with E-state index in [2.05, 4.69) is 26.9 Å². The summed E-state index contributed by atoms with van der Waals surface area (Å²) in [5.74, 6) is -1.49. The monoisotopic (exact) mass is 525 g/mol. The van der Waals surface area contributed by atoms with Crippen molar-refractivity contribution in [1.29, 1.82) is 0 Å². The van der Waals surface area contributed by atoms with Gasteiger partial charge in [-0.3, -0.25) is 9.78 Å². The van der Waals surface area contributed by atoms with Crippen molar-refractivity contribution >= 4 is 27.3 Å². The molecule has 184 valence electrons. The second-order valence-electron chi connectivity index (χ2n) is 7.17. The van der Waals surface area contributed by atoms with E-state index in [1.165, 1.54) is 54.7 Å². The minimum absolute atomic E-state index is 0.0462. The Bertz CT molecular complexity index is 1310. The highest BCUT2D eigenvalue weighted by Crippen LogP contribution is 2.26. The van der Waals surface area contributed by atoms with Gasteiger partial charge < -0.3 is 15.4 Å². The second-order valence-corrected chi connectivity index (χ2v) is 9.60. The number of hydrogen-bond donors (Lipinski definition) is 2. The Balaban J connectivity index is 1.55. The lowest BCUT2D eigenvalue weighted by molar-refractivity contribution is -0.274. The summed E-state index contributed by atoms with van der Waals surface area (Å²) in [5, 5.41) is 5.50. The summed E-state index contributed by atoms with van der Waals surface area (Å²) < 4.78 is 65.5. The summed E-state index contributed by atoms with van der Waals surface area (Å²) in [6, 6.07) is 14.1. The molecule has 3 aromatic rings. The van der Waals surface area contributed by atoms with E-state index in [9.17, 15) is 26.4 Å². The molecule has 0 aliphatic carbocycles. The van der Waals surface area contributed by atoms with Gasteiger partial charge in [0, 0.05) is 23.3 Å². The molecule has 0 radical (unpaired) electrons. The summed E-state index contributed by atoms with van der Waals surface area (Å²) in [4.78, 5) is 16.5. The number of pyridine rings is 1. The molecule has 0 bridgehead atoms. The van der Waals surface area contributed by atoms with Gasteiger partial charge in [0.25, 0.3) is 5.91 Å². The molecule has 0 spiro atoms. The molecule has 2 N–H and O–H groups in total. The molecule has 1 amide bonds. The van der Waals surface area contributed by atoms with Crippen LogP contribution in [0, 0.1) is 0 Å². The highest BCUT2D eigenvalue weighted by molar-refractivity contribution is 7.91. The van der Waals surface area contributed by atoms with Gasteiger partial charge in [-0.05, 0) is 66.2 Å². The number of carbonyl (C=O) groups is 1. The zero-order chi connectivity index (χ0) is 25.6. The van der Waals surface area contributed by atoms with Gasteiger partial charge in [-0.2, -0.15) is 0 Å². The van der Waals surface area contributed by atoms with E-state index in [0.29, 0.717) is 21.8 Å². The number of carbonyl (C=O) groups excluding carboxylic acids is 1. The number of alkyl halides is 3. The van der Waals surface area contributed by atoms with Crippen molar-refractivity contribution in [1.82, 2.24) is 15.6 Å². The van der Waals surface area contributed by atoms with Crippen molar-refractivity contribution in [3.8, 4) is 17.0 Å². The first kappa shape index (κ1) is 26.0. The van der Waals surface area contributed by atoms with Crippen molar-refractivity contribution in [2.75, 3.05) is 5.88 Å². The van der Waals surface area contributed by atoms with Gasteiger partial charge in [0.2, 0.25) is 0 Å². The maximum absolute atomic E-state index is 12.4. The van der Waals surface area contributed by atoms with Gasteiger partial charge in [-0.25, -0.2) is 8.42 Å². The van der Waals surface area contributed by atoms with Crippen molar-refractivity contribution in [3.63, 3.8) is 0 Å². The van der Waals surface area contributed by atoms with Crippen LogP contribution in [0.25, 0.3) is 11.3 Å². The summed E-state index contributed by atoms with van der Waals surface area (Å²) >= 11 is 5.76. The molecule has 35 heavy (non-hydrogen) atoms. The lowest BCUT2D eigenvalue weighted by atomic mass is 10.1. The normalized spacial score (nSPS) is 11.5. The molecular formula is C23H19ClF3N3O4S. The SMILES string of the molecule is C=C(NCS(=O)(=O)c1ccc(Cl)cc1)C(=O)NCc1ccnc(-c2ccc(OC(F)(F)F)cc2)c1. The molecule has 0 saturated carbocycles. The molecule has 0 aliphatic heterocycles. The number of ether oxygens (including phenoxy) is 1. The van der Waals surface area contributed by atoms with Crippen LogP contribution in [0.5, 0.6) is 5.75 Å². The van der Waals surface area contributed by atoms with Crippen molar-refractivity contribution in [3.05, 3.63) is 89.7 Å². The van der Waals surface area contributed by atoms with E-state index in [0.717, 1.165) is 0 Å². The first-order chi connectivity index (χ1) is 16.4. The molecule has 0 atom stereocenters. The van der Waals surface area contributed by atoms with Crippen molar-refractivity contribution in [2.45, 2.75) is 17.8 Å². The summed E-state index contributed by atoms with van der Waals surface area (Å²) in [5.41, 5.74) is 1.53. The van der Waals surface area contributed by atoms with Gasteiger partial charge in [-0.1, -0.05) is 18.2 Å². The minimum atomic E-state index is -4.78. The maximum Gasteiger partial charge on any atom is 0.573 e. The van der Waals surface area contributed by atoms with Crippen LogP contribution < -0.4 is 15.4 Å². The molecule has 1 heterocycles. The number of nitrogens with one attached hydrogen (secondary N) is 2. The van der Waals surface area contributed by atoms with Crippen molar-refractivity contribution < 1.29 is 31.1 Å². The van der Waals surface area contributed by atoms with E-state index in [1.54, 1.807) is 12.1 Å². The predicted octanol–water partition coefficient (Wildman–Crippen LogP) is 4.45. The first-order valence-corrected chi connectivity index (χ1v) is 12.0. The Morgan fingerprint density at radius 3 is 2.31 bits per heavy atom. The quantitative estimate of drug-likeness (QED) is 0.401. The summed E-state index contributed by atoms with van der Waals surface area (Å²) in [7, 11) is -3.71. The zero-order valence-electron chi connectivity index (χ0n) is 18.0. The Morgan fingerprint density at radius 1 is 1.03 bits per heavy atom. The van der Waals surface area contributed by atoms with Gasteiger partial charge in [0.1, 0.15) is 11.6 Å². The number of hydrogen-bond acceptors (Lipinski definition) is 6.